The highest BCUT2D eigenvalue weighted by Gasteiger charge is 1.96. The van der Waals surface area contributed by atoms with E-state index < -0.39 is 0 Å². The Morgan fingerprint density at radius 1 is 1.31 bits per heavy atom. The van der Waals surface area contributed by atoms with Gasteiger partial charge >= 0.3 is 0 Å². The average molecular weight is 182 g/mol. The number of nitrogens with zero attached hydrogens (tertiary/aromatic N) is 1. The van der Waals surface area contributed by atoms with Crippen LogP contribution in [0.1, 0.15) is 5.56 Å². The minimum absolute atomic E-state index is 0.184. The lowest BCUT2D eigenvalue weighted by molar-refractivity contribution is 0.349. The predicted octanol–water partition coefficient (Wildman–Crippen LogP) is 1.22. The summed E-state index contributed by atoms with van der Waals surface area (Å²) < 4.78 is 12.5. The zero-order valence-corrected chi connectivity index (χ0v) is 7.83. The second-order valence-corrected chi connectivity index (χ2v) is 3.14. The molecule has 3 heteroatoms. The van der Waals surface area contributed by atoms with Gasteiger partial charge in [-0.2, -0.15) is 0 Å². The van der Waals surface area contributed by atoms with E-state index in [0.29, 0.717) is 6.67 Å². The quantitative estimate of drug-likeness (QED) is 0.709. The highest BCUT2D eigenvalue weighted by Crippen LogP contribution is 2.03. The molecule has 2 N–H and O–H groups in total. The van der Waals surface area contributed by atoms with E-state index in [9.17, 15) is 4.39 Å². The summed E-state index contributed by atoms with van der Waals surface area (Å²) in [5.41, 5.74) is 6.57. The van der Waals surface area contributed by atoms with Gasteiger partial charge in [-0.3, -0.25) is 4.90 Å². The third-order valence-corrected chi connectivity index (χ3v) is 2.01. The molecular weight excluding hydrogens is 167 g/mol. The first-order valence-electron chi connectivity index (χ1n) is 4.35. The van der Waals surface area contributed by atoms with Gasteiger partial charge < -0.3 is 5.73 Å². The van der Waals surface area contributed by atoms with E-state index in [1.165, 1.54) is 12.1 Å². The fraction of sp³-hybridized carbons (Fsp3) is 0.400. The van der Waals surface area contributed by atoms with E-state index in [-0.39, 0.29) is 5.82 Å². The van der Waals surface area contributed by atoms with Crippen LogP contribution in [0.25, 0.3) is 0 Å². The number of halogens is 1. The summed E-state index contributed by atoms with van der Waals surface area (Å²) in [7, 11) is 1.96. The molecule has 72 valence electrons. The van der Waals surface area contributed by atoms with Crippen LogP contribution >= 0.6 is 0 Å². The van der Waals surface area contributed by atoms with Gasteiger partial charge in [0.05, 0.1) is 0 Å². The Kier molecular flexibility index (Phi) is 3.86. The van der Waals surface area contributed by atoms with Crippen LogP contribution in [0.15, 0.2) is 24.3 Å². The molecule has 2 nitrogen and oxygen atoms in total. The fourth-order valence-corrected chi connectivity index (χ4v) is 1.06. The molecule has 0 bridgehead atoms. The second kappa shape index (κ2) is 4.94. The maximum absolute atomic E-state index is 12.5. The molecule has 0 fully saturated rings. The van der Waals surface area contributed by atoms with Crippen LogP contribution in [-0.2, 0) is 6.42 Å². The second-order valence-electron chi connectivity index (χ2n) is 3.14. The predicted molar refractivity (Wildman–Crippen MR) is 51.8 cm³/mol. The molecule has 0 radical (unpaired) electrons. The van der Waals surface area contributed by atoms with E-state index in [4.69, 9.17) is 5.73 Å². The molecule has 0 saturated heterocycles. The monoisotopic (exact) mass is 182 g/mol. The van der Waals surface area contributed by atoms with Crippen molar-refractivity contribution in [3.8, 4) is 0 Å². The summed E-state index contributed by atoms with van der Waals surface area (Å²) >= 11 is 0. The lowest BCUT2D eigenvalue weighted by atomic mass is 10.1. The van der Waals surface area contributed by atoms with E-state index in [1.54, 1.807) is 12.1 Å². The van der Waals surface area contributed by atoms with Gasteiger partial charge in [-0.05, 0) is 31.2 Å². The average Bonchev–Trinajstić information content (AvgIpc) is 2.16. The Balaban J connectivity index is 2.41. The van der Waals surface area contributed by atoms with Crippen LogP contribution < -0.4 is 5.73 Å². The lowest BCUT2D eigenvalue weighted by Gasteiger charge is -2.12. The van der Waals surface area contributed by atoms with Crippen LogP contribution in [0, 0.1) is 5.82 Å². The number of hydrogen-bond acceptors (Lipinski definition) is 2. The molecule has 1 rings (SSSR count). The Morgan fingerprint density at radius 2 is 1.92 bits per heavy atom. The van der Waals surface area contributed by atoms with Gasteiger partial charge in [-0.15, -0.1) is 0 Å². The SMILES string of the molecule is CN(CN)CCc1ccc(F)cc1. The van der Waals surface area contributed by atoms with Gasteiger partial charge in [-0.25, -0.2) is 4.39 Å². The van der Waals surface area contributed by atoms with Crippen molar-refractivity contribution in [3.05, 3.63) is 35.6 Å². The Bertz CT molecular complexity index is 246. The molecule has 0 spiro atoms. The molecule has 0 atom stereocenters. The molecule has 0 aliphatic rings. The fourth-order valence-electron chi connectivity index (χ4n) is 1.06. The van der Waals surface area contributed by atoms with Gasteiger partial charge in [0.1, 0.15) is 5.82 Å². The van der Waals surface area contributed by atoms with Gasteiger partial charge in [0, 0.05) is 13.2 Å². The third-order valence-electron chi connectivity index (χ3n) is 2.01. The summed E-state index contributed by atoms with van der Waals surface area (Å²) in [5.74, 6) is -0.184. The van der Waals surface area contributed by atoms with Gasteiger partial charge in [-0.1, -0.05) is 12.1 Å². The summed E-state index contributed by atoms with van der Waals surface area (Å²) in [5, 5.41) is 0. The van der Waals surface area contributed by atoms with Crippen LogP contribution in [-0.4, -0.2) is 25.2 Å². The van der Waals surface area contributed by atoms with Crippen molar-refractivity contribution in [1.82, 2.24) is 4.90 Å². The lowest BCUT2D eigenvalue weighted by Crippen LogP contribution is -2.27. The largest absolute Gasteiger partial charge is 0.318 e. The first-order valence-corrected chi connectivity index (χ1v) is 4.35. The molecule has 0 saturated carbocycles. The third kappa shape index (κ3) is 3.53. The van der Waals surface area contributed by atoms with Gasteiger partial charge in [0.15, 0.2) is 0 Å². The first-order chi connectivity index (χ1) is 6.22. The zero-order chi connectivity index (χ0) is 9.68. The molecule has 0 aromatic heterocycles. The molecule has 13 heavy (non-hydrogen) atoms. The Morgan fingerprint density at radius 3 is 2.46 bits per heavy atom. The molecule has 1 aromatic rings. The summed E-state index contributed by atoms with van der Waals surface area (Å²) in [6.45, 7) is 1.46. The highest BCUT2D eigenvalue weighted by atomic mass is 19.1. The van der Waals surface area contributed by atoms with E-state index in [1.807, 2.05) is 11.9 Å². The number of rotatable bonds is 4. The maximum atomic E-state index is 12.5. The van der Waals surface area contributed by atoms with Gasteiger partial charge in [0.2, 0.25) is 0 Å². The van der Waals surface area contributed by atoms with Crippen molar-refractivity contribution in [1.29, 1.82) is 0 Å². The Labute approximate surface area is 78.2 Å². The molecule has 0 heterocycles. The number of likely N-dealkylation sites (N-methyl/N-ethyl adjacent to an activating group) is 1. The van der Waals surface area contributed by atoms with Crippen molar-refractivity contribution in [3.63, 3.8) is 0 Å². The maximum Gasteiger partial charge on any atom is 0.123 e. The van der Waals surface area contributed by atoms with Crippen LogP contribution in [0.3, 0.4) is 0 Å². The minimum atomic E-state index is -0.184. The molecule has 0 aliphatic heterocycles. The van der Waals surface area contributed by atoms with E-state index >= 15 is 0 Å². The molecule has 1 aromatic carbocycles. The van der Waals surface area contributed by atoms with E-state index in [0.717, 1.165) is 18.5 Å². The topological polar surface area (TPSA) is 29.3 Å². The Hall–Kier alpha value is -0.930. The van der Waals surface area contributed by atoms with Crippen LogP contribution in [0.2, 0.25) is 0 Å². The minimum Gasteiger partial charge on any atom is -0.318 e. The van der Waals surface area contributed by atoms with Crippen molar-refractivity contribution in [2.24, 2.45) is 5.73 Å². The van der Waals surface area contributed by atoms with Crippen molar-refractivity contribution in [2.75, 3.05) is 20.3 Å². The number of hydrogen-bond donors (Lipinski definition) is 1. The molecule has 0 amide bonds. The smallest absolute Gasteiger partial charge is 0.123 e. The standard InChI is InChI=1S/C10H15FN2/c1-13(8-12)7-6-9-2-4-10(11)5-3-9/h2-5H,6-8,12H2,1H3. The zero-order valence-electron chi connectivity index (χ0n) is 7.83. The van der Waals surface area contributed by atoms with E-state index in [2.05, 4.69) is 0 Å². The first kappa shape index (κ1) is 10.2. The van der Waals surface area contributed by atoms with Crippen molar-refractivity contribution >= 4 is 0 Å². The van der Waals surface area contributed by atoms with Gasteiger partial charge in [0.25, 0.3) is 0 Å². The normalized spacial score (nSPS) is 10.8. The van der Waals surface area contributed by atoms with Crippen LogP contribution in [0.5, 0.6) is 0 Å². The van der Waals surface area contributed by atoms with Crippen molar-refractivity contribution < 1.29 is 4.39 Å². The number of nitrogens with two attached hydrogens (primary N) is 1. The molecule has 0 unspecified atom stereocenters. The van der Waals surface area contributed by atoms with Crippen LogP contribution in [0.4, 0.5) is 4.39 Å². The summed E-state index contributed by atoms with van der Waals surface area (Å²) in [4.78, 5) is 2.02. The molecule has 0 aliphatic carbocycles. The van der Waals surface area contributed by atoms with Crippen molar-refractivity contribution in [2.45, 2.75) is 6.42 Å². The number of benzene rings is 1. The molecular formula is C10H15FN2. The summed E-state index contributed by atoms with van der Waals surface area (Å²) in [6.07, 6.45) is 0.911. The highest BCUT2D eigenvalue weighted by molar-refractivity contribution is 5.16. The summed E-state index contributed by atoms with van der Waals surface area (Å²) in [6, 6.07) is 6.58.